The molecule has 1 aliphatic rings. The smallest absolute Gasteiger partial charge is 0.405 e. The highest BCUT2D eigenvalue weighted by molar-refractivity contribution is 7.99. The van der Waals surface area contributed by atoms with Crippen molar-refractivity contribution >= 4 is 29.7 Å². The van der Waals surface area contributed by atoms with Gasteiger partial charge < -0.3 is 15.0 Å². The van der Waals surface area contributed by atoms with Gasteiger partial charge in [0.15, 0.2) is 0 Å². The molecule has 5 nitrogen and oxygen atoms in total. The highest BCUT2D eigenvalue weighted by Crippen LogP contribution is 2.27. The number of hydrogen-bond donors (Lipinski definition) is 1. The molecule has 148 valence electrons. The van der Waals surface area contributed by atoms with E-state index in [1.807, 2.05) is 20.8 Å². The van der Waals surface area contributed by atoms with E-state index in [2.05, 4.69) is 10.1 Å². The minimum Gasteiger partial charge on any atom is -0.405 e. The zero-order valence-electron chi connectivity index (χ0n) is 15.2. The summed E-state index contributed by atoms with van der Waals surface area (Å²) in [6.45, 7) is 5.53. The molecule has 2 amide bonds. The number of amides is 2. The van der Waals surface area contributed by atoms with Crippen molar-refractivity contribution in [3.63, 3.8) is 0 Å². The third kappa shape index (κ3) is 6.50. The lowest BCUT2D eigenvalue weighted by Crippen LogP contribution is -2.52. The Morgan fingerprint density at radius 1 is 1.26 bits per heavy atom. The Balaban J connectivity index is 2.11. The second kappa shape index (κ2) is 8.24. The van der Waals surface area contributed by atoms with E-state index in [0.29, 0.717) is 11.6 Å². The molecule has 0 bridgehead atoms. The lowest BCUT2D eigenvalue weighted by atomic mass is 10.1. The predicted octanol–water partition coefficient (Wildman–Crippen LogP) is 3.41. The zero-order valence-corrected chi connectivity index (χ0v) is 16.0. The van der Waals surface area contributed by atoms with Gasteiger partial charge in [-0.2, -0.15) is 0 Å². The zero-order chi connectivity index (χ0) is 20.2. The Kier molecular flexibility index (Phi) is 6.46. The van der Waals surface area contributed by atoms with Crippen molar-refractivity contribution in [2.75, 3.05) is 11.6 Å². The minimum absolute atomic E-state index is 0.116. The second-order valence-electron chi connectivity index (χ2n) is 6.98. The number of ether oxygens (including phenoxy) is 1. The van der Waals surface area contributed by atoms with Crippen LogP contribution in [0.1, 0.15) is 26.3 Å². The molecule has 0 saturated carbocycles. The van der Waals surface area contributed by atoms with Crippen LogP contribution in [0.2, 0.25) is 0 Å². The van der Waals surface area contributed by atoms with Crippen molar-refractivity contribution in [2.45, 2.75) is 38.7 Å². The maximum atomic E-state index is 12.5. The predicted molar refractivity (Wildman–Crippen MR) is 98.0 cm³/mol. The third-order valence-corrected chi connectivity index (χ3v) is 4.53. The molecule has 0 spiro atoms. The SMILES string of the molecule is CC(C)(C)NC(=O)[C@H]1CSCN1C(=O)/C=C\c1ccccc1OC(F)(F)F. The number of nitrogens with one attached hydrogen (secondary N) is 1. The van der Waals surface area contributed by atoms with Crippen LogP contribution in [0.5, 0.6) is 5.75 Å². The molecular weight excluding hydrogens is 381 g/mol. The summed E-state index contributed by atoms with van der Waals surface area (Å²) in [7, 11) is 0. The number of benzene rings is 1. The minimum atomic E-state index is -4.82. The number of rotatable bonds is 4. The van der Waals surface area contributed by atoms with Gasteiger partial charge in [-0.1, -0.05) is 18.2 Å². The highest BCUT2D eigenvalue weighted by Gasteiger charge is 2.35. The Bertz CT molecular complexity index is 729. The van der Waals surface area contributed by atoms with Crippen LogP contribution < -0.4 is 10.1 Å². The number of halogens is 3. The van der Waals surface area contributed by atoms with E-state index in [9.17, 15) is 22.8 Å². The molecule has 0 aliphatic carbocycles. The van der Waals surface area contributed by atoms with Gasteiger partial charge in [-0.05, 0) is 32.9 Å². The monoisotopic (exact) mass is 402 g/mol. The molecule has 0 unspecified atom stereocenters. The molecule has 1 aromatic rings. The first-order valence-corrected chi connectivity index (χ1v) is 9.35. The summed E-state index contributed by atoms with van der Waals surface area (Å²) in [4.78, 5) is 26.3. The molecule has 1 fully saturated rings. The van der Waals surface area contributed by atoms with Crippen LogP contribution in [-0.2, 0) is 9.59 Å². The highest BCUT2D eigenvalue weighted by atomic mass is 32.2. The standard InChI is InChI=1S/C18H21F3N2O3S/c1-17(2,3)22-16(25)13-10-27-11-23(13)15(24)9-8-12-6-4-5-7-14(12)26-18(19,20)21/h4-9,13H,10-11H2,1-3H3,(H,22,25)/b9-8-/t13-/m1/s1. The molecule has 1 aromatic carbocycles. The van der Waals surface area contributed by atoms with Crippen LogP contribution >= 0.6 is 11.8 Å². The molecule has 1 heterocycles. The Hall–Kier alpha value is -2.16. The van der Waals surface area contributed by atoms with Crippen molar-refractivity contribution < 1.29 is 27.5 Å². The van der Waals surface area contributed by atoms with Gasteiger partial charge in [-0.25, -0.2) is 0 Å². The first-order valence-electron chi connectivity index (χ1n) is 8.19. The molecule has 1 N–H and O–H groups in total. The van der Waals surface area contributed by atoms with Crippen molar-refractivity contribution in [3.8, 4) is 5.75 Å². The Morgan fingerprint density at radius 3 is 2.56 bits per heavy atom. The van der Waals surface area contributed by atoms with Crippen molar-refractivity contribution in [2.24, 2.45) is 0 Å². The van der Waals surface area contributed by atoms with E-state index < -0.39 is 29.6 Å². The van der Waals surface area contributed by atoms with Crippen molar-refractivity contribution in [3.05, 3.63) is 35.9 Å². The average molecular weight is 402 g/mol. The van der Waals surface area contributed by atoms with E-state index >= 15 is 0 Å². The fourth-order valence-corrected chi connectivity index (χ4v) is 3.59. The molecule has 9 heteroatoms. The van der Waals surface area contributed by atoms with Crippen molar-refractivity contribution in [1.29, 1.82) is 0 Å². The molecule has 0 aromatic heterocycles. The number of nitrogens with zero attached hydrogens (tertiary/aromatic N) is 1. The first-order chi connectivity index (χ1) is 12.5. The molecule has 1 saturated heterocycles. The molecule has 2 rings (SSSR count). The van der Waals surface area contributed by atoms with E-state index in [1.165, 1.54) is 40.9 Å². The van der Waals surface area contributed by atoms with Gasteiger partial charge in [0.2, 0.25) is 11.8 Å². The number of carbonyl (C=O) groups is 2. The largest absolute Gasteiger partial charge is 0.573 e. The van der Waals surface area contributed by atoms with E-state index in [0.717, 1.165) is 6.08 Å². The molecule has 0 radical (unpaired) electrons. The van der Waals surface area contributed by atoms with Crippen LogP contribution in [0.25, 0.3) is 6.08 Å². The molecular formula is C18H21F3N2O3S. The van der Waals surface area contributed by atoms with Crippen LogP contribution in [-0.4, -0.2) is 46.3 Å². The lowest BCUT2D eigenvalue weighted by Gasteiger charge is -2.27. The fourth-order valence-electron chi connectivity index (χ4n) is 2.42. The average Bonchev–Trinajstić information content (AvgIpc) is 3.00. The summed E-state index contributed by atoms with van der Waals surface area (Å²) in [5, 5.41) is 2.84. The Labute approximate surface area is 159 Å². The van der Waals surface area contributed by atoms with Gasteiger partial charge in [-0.15, -0.1) is 24.9 Å². The van der Waals surface area contributed by atoms with E-state index in [1.54, 1.807) is 6.07 Å². The third-order valence-electron chi connectivity index (χ3n) is 3.52. The van der Waals surface area contributed by atoms with Gasteiger partial charge in [0.1, 0.15) is 11.8 Å². The van der Waals surface area contributed by atoms with Gasteiger partial charge >= 0.3 is 6.36 Å². The number of para-hydroxylation sites is 1. The summed E-state index contributed by atoms with van der Waals surface area (Å²) in [6, 6.07) is 4.91. The number of hydrogen-bond acceptors (Lipinski definition) is 4. The van der Waals surface area contributed by atoms with Crippen molar-refractivity contribution in [1.82, 2.24) is 10.2 Å². The Morgan fingerprint density at radius 2 is 1.93 bits per heavy atom. The fraction of sp³-hybridized carbons (Fsp3) is 0.444. The van der Waals surface area contributed by atoms with Gasteiger partial charge in [0.05, 0.1) is 5.88 Å². The van der Waals surface area contributed by atoms with Crippen LogP contribution in [0.4, 0.5) is 13.2 Å². The van der Waals surface area contributed by atoms with Crippen LogP contribution in [0.15, 0.2) is 30.3 Å². The summed E-state index contributed by atoms with van der Waals surface area (Å²) in [5.41, 5.74) is -0.311. The molecule has 27 heavy (non-hydrogen) atoms. The maximum Gasteiger partial charge on any atom is 0.573 e. The van der Waals surface area contributed by atoms with Gasteiger partial charge in [0, 0.05) is 22.9 Å². The van der Waals surface area contributed by atoms with Gasteiger partial charge in [0.25, 0.3) is 0 Å². The van der Waals surface area contributed by atoms with E-state index in [-0.39, 0.29) is 11.5 Å². The summed E-state index contributed by atoms with van der Waals surface area (Å²) >= 11 is 1.44. The topological polar surface area (TPSA) is 58.6 Å². The number of carbonyl (C=O) groups excluding carboxylic acids is 2. The lowest BCUT2D eigenvalue weighted by molar-refractivity contribution is -0.274. The molecule has 1 atom stereocenters. The number of thioether (sulfide) groups is 1. The maximum absolute atomic E-state index is 12.5. The molecule has 1 aliphatic heterocycles. The quantitative estimate of drug-likeness (QED) is 0.785. The summed E-state index contributed by atoms with van der Waals surface area (Å²) in [6.07, 6.45) is -2.41. The van der Waals surface area contributed by atoms with Crippen LogP contribution in [0, 0.1) is 0 Å². The second-order valence-corrected chi connectivity index (χ2v) is 7.98. The first kappa shape index (κ1) is 21.1. The normalized spacial score (nSPS) is 18.0. The number of alkyl halides is 3. The van der Waals surface area contributed by atoms with E-state index in [4.69, 9.17) is 0 Å². The summed E-state index contributed by atoms with van der Waals surface area (Å²) < 4.78 is 41.4. The van der Waals surface area contributed by atoms with Crippen LogP contribution in [0.3, 0.4) is 0 Å². The summed E-state index contributed by atoms with van der Waals surface area (Å²) in [5.74, 6) is -0.292. The van der Waals surface area contributed by atoms with Gasteiger partial charge in [-0.3, -0.25) is 9.59 Å².